The number of hydrogen-bond acceptors (Lipinski definition) is 5. The van der Waals surface area contributed by atoms with Crippen LogP contribution in [0.3, 0.4) is 0 Å². The number of hydrogen-bond donors (Lipinski definition) is 2. The Labute approximate surface area is 134 Å². The van der Waals surface area contributed by atoms with Crippen LogP contribution in [0.2, 0.25) is 0 Å². The van der Waals surface area contributed by atoms with E-state index in [1.165, 1.54) is 12.7 Å². The number of carbonyl (C=O) groups is 1. The summed E-state index contributed by atoms with van der Waals surface area (Å²) in [5.74, 6) is 0.417. The van der Waals surface area contributed by atoms with Crippen LogP contribution in [0.1, 0.15) is 11.1 Å². The van der Waals surface area contributed by atoms with E-state index in [4.69, 9.17) is 15.2 Å². The summed E-state index contributed by atoms with van der Waals surface area (Å²) >= 11 is 0. The van der Waals surface area contributed by atoms with Crippen LogP contribution in [0.4, 0.5) is 5.69 Å². The lowest BCUT2D eigenvalue weighted by atomic mass is 10.2. The van der Waals surface area contributed by atoms with Gasteiger partial charge in [-0.1, -0.05) is 17.7 Å². The van der Waals surface area contributed by atoms with Gasteiger partial charge < -0.3 is 15.2 Å². The molecule has 0 atom stereocenters. The molecule has 2 aromatic rings. The largest absolute Gasteiger partial charge is 0.493 e. The number of benzene rings is 2. The van der Waals surface area contributed by atoms with Crippen molar-refractivity contribution in [1.29, 1.82) is 0 Å². The number of nitrogens with two attached hydrogens (primary N) is 1. The van der Waals surface area contributed by atoms with E-state index in [2.05, 4.69) is 10.5 Å². The molecule has 0 fully saturated rings. The number of ether oxygens (including phenoxy) is 2. The monoisotopic (exact) mass is 313 g/mol. The average molecular weight is 313 g/mol. The van der Waals surface area contributed by atoms with Gasteiger partial charge in [0, 0.05) is 0 Å². The summed E-state index contributed by atoms with van der Waals surface area (Å²) in [5.41, 5.74) is 10.9. The molecule has 0 aliphatic heterocycles. The highest BCUT2D eigenvalue weighted by Crippen LogP contribution is 2.27. The van der Waals surface area contributed by atoms with Crippen LogP contribution in [-0.4, -0.2) is 25.8 Å². The number of hydrazone groups is 1. The lowest BCUT2D eigenvalue weighted by Gasteiger charge is -2.09. The third-order valence-corrected chi connectivity index (χ3v) is 3.02. The fourth-order valence-corrected chi connectivity index (χ4v) is 1.84. The van der Waals surface area contributed by atoms with Gasteiger partial charge in [-0.2, -0.15) is 5.10 Å². The van der Waals surface area contributed by atoms with E-state index < -0.39 is 5.91 Å². The third kappa shape index (κ3) is 5.03. The standard InChI is InChI=1S/C17H19N3O3/c1-12-3-6-14(7-4-12)20-19-10-13-5-8-15(16(9-13)22-2)23-11-17(18)21/h3-10,20H,11H2,1-2H3,(H2,18,21)/b19-10-. The summed E-state index contributed by atoms with van der Waals surface area (Å²) in [6, 6.07) is 13.2. The molecule has 0 aliphatic rings. The van der Waals surface area contributed by atoms with Crippen LogP contribution in [0, 0.1) is 6.92 Å². The second kappa shape index (κ2) is 7.84. The molecular weight excluding hydrogens is 294 g/mol. The second-order valence-electron chi connectivity index (χ2n) is 4.90. The van der Waals surface area contributed by atoms with Gasteiger partial charge in [0.15, 0.2) is 18.1 Å². The van der Waals surface area contributed by atoms with Crippen molar-refractivity contribution in [3.05, 3.63) is 53.6 Å². The number of aryl methyl sites for hydroxylation is 1. The van der Waals surface area contributed by atoms with Crippen molar-refractivity contribution in [2.45, 2.75) is 6.92 Å². The van der Waals surface area contributed by atoms with Crippen LogP contribution >= 0.6 is 0 Å². The summed E-state index contributed by atoms with van der Waals surface area (Å²) in [6.45, 7) is 1.83. The molecule has 0 radical (unpaired) electrons. The van der Waals surface area contributed by atoms with Gasteiger partial charge in [0.1, 0.15) is 0 Å². The van der Waals surface area contributed by atoms with Gasteiger partial charge in [0.25, 0.3) is 5.91 Å². The van der Waals surface area contributed by atoms with Crippen molar-refractivity contribution in [3.8, 4) is 11.5 Å². The van der Waals surface area contributed by atoms with E-state index >= 15 is 0 Å². The molecule has 2 aromatic carbocycles. The van der Waals surface area contributed by atoms with Crippen LogP contribution in [0.5, 0.6) is 11.5 Å². The minimum atomic E-state index is -0.542. The van der Waals surface area contributed by atoms with E-state index in [9.17, 15) is 4.79 Å². The predicted octanol–water partition coefficient (Wildman–Crippen LogP) is 2.31. The molecule has 23 heavy (non-hydrogen) atoms. The lowest BCUT2D eigenvalue weighted by Crippen LogP contribution is -2.20. The lowest BCUT2D eigenvalue weighted by molar-refractivity contribution is -0.119. The van der Waals surface area contributed by atoms with Gasteiger partial charge in [0.05, 0.1) is 19.0 Å². The summed E-state index contributed by atoms with van der Waals surface area (Å²) in [6.07, 6.45) is 1.67. The molecule has 6 nitrogen and oxygen atoms in total. The maximum atomic E-state index is 10.8. The first-order chi connectivity index (χ1) is 11.1. The first-order valence-corrected chi connectivity index (χ1v) is 7.03. The predicted molar refractivity (Wildman–Crippen MR) is 90.1 cm³/mol. The highest BCUT2D eigenvalue weighted by molar-refractivity contribution is 5.81. The first kappa shape index (κ1) is 16.4. The van der Waals surface area contributed by atoms with Crippen LogP contribution < -0.4 is 20.6 Å². The second-order valence-corrected chi connectivity index (χ2v) is 4.90. The highest BCUT2D eigenvalue weighted by atomic mass is 16.5. The Balaban J connectivity index is 2.03. The minimum absolute atomic E-state index is 0.196. The number of rotatable bonds is 7. The number of nitrogens with zero attached hydrogens (tertiary/aromatic N) is 1. The maximum absolute atomic E-state index is 10.8. The quantitative estimate of drug-likeness (QED) is 0.607. The van der Waals surface area contributed by atoms with Crippen molar-refractivity contribution in [3.63, 3.8) is 0 Å². The van der Waals surface area contributed by atoms with Crippen molar-refractivity contribution < 1.29 is 14.3 Å². The number of carbonyl (C=O) groups excluding carboxylic acids is 1. The molecule has 120 valence electrons. The SMILES string of the molecule is COc1cc(/C=N\Nc2ccc(C)cc2)ccc1OCC(N)=O. The number of methoxy groups -OCH3 is 1. The summed E-state index contributed by atoms with van der Waals surface area (Å²) in [7, 11) is 1.53. The molecule has 0 aliphatic carbocycles. The molecular formula is C17H19N3O3. The normalized spacial score (nSPS) is 10.5. The Morgan fingerprint density at radius 3 is 2.61 bits per heavy atom. The number of nitrogens with one attached hydrogen (secondary N) is 1. The van der Waals surface area contributed by atoms with Crippen molar-refractivity contribution in [2.24, 2.45) is 10.8 Å². The van der Waals surface area contributed by atoms with Crippen molar-refractivity contribution in [2.75, 3.05) is 19.1 Å². The highest BCUT2D eigenvalue weighted by Gasteiger charge is 2.06. The maximum Gasteiger partial charge on any atom is 0.255 e. The van der Waals surface area contributed by atoms with Crippen LogP contribution in [0.25, 0.3) is 0 Å². The topological polar surface area (TPSA) is 85.9 Å². The van der Waals surface area contributed by atoms with Gasteiger partial charge in [0.2, 0.25) is 0 Å². The summed E-state index contributed by atoms with van der Waals surface area (Å²) in [4.78, 5) is 10.8. The van der Waals surface area contributed by atoms with E-state index in [-0.39, 0.29) is 6.61 Å². The number of amides is 1. The number of primary amides is 1. The Morgan fingerprint density at radius 2 is 1.96 bits per heavy atom. The molecule has 0 aromatic heterocycles. The van der Waals surface area contributed by atoms with Gasteiger partial charge in [-0.05, 0) is 42.8 Å². The molecule has 0 bridgehead atoms. The van der Waals surface area contributed by atoms with Gasteiger partial charge in [-0.25, -0.2) is 0 Å². The smallest absolute Gasteiger partial charge is 0.255 e. The average Bonchev–Trinajstić information content (AvgIpc) is 2.55. The molecule has 2 rings (SSSR count). The Kier molecular flexibility index (Phi) is 5.57. The molecule has 6 heteroatoms. The Bertz CT molecular complexity index is 697. The zero-order valence-corrected chi connectivity index (χ0v) is 13.1. The van der Waals surface area contributed by atoms with Crippen LogP contribution in [0.15, 0.2) is 47.6 Å². The van der Waals surface area contributed by atoms with Crippen molar-refractivity contribution in [1.82, 2.24) is 0 Å². The van der Waals surface area contributed by atoms with E-state index in [0.717, 1.165) is 11.3 Å². The fraction of sp³-hybridized carbons (Fsp3) is 0.176. The molecule has 0 saturated carbocycles. The van der Waals surface area contributed by atoms with Gasteiger partial charge >= 0.3 is 0 Å². The number of anilines is 1. The molecule has 0 unspecified atom stereocenters. The van der Waals surface area contributed by atoms with Crippen LogP contribution in [-0.2, 0) is 4.79 Å². The molecule has 0 spiro atoms. The third-order valence-electron chi connectivity index (χ3n) is 3.02. The summed E-state index contributed by atoms with van der Waals surface area (Å²) < 4.78 is 10.5. The van der Waals surface area contributed by atoms with Crippen molar-refractivity contribution >= 4 is 17.8 Å². The van der Waals surface area contributed by atoms with E-state index in [0.29, 0.717) is 11.5 Å². The molecule has 3 N–H and O–H groups in total. The Hall–Kier alpha value is -3.02. The fourth-order valence-electron chi connectivity index (χ4n) is 1.84. The zero-order chi connectivity index (χ0) is 16.7. The summed E-state index contributed by atoms with van der Waals surface area (Å²) in [5, 5.41) is 4.18. The molecule has 0 heterocycles. The van der Waals surface area contributed by atoms with Gasteiger partial charge in [-0.15, -0.1) is 0 Å². The minimum Gasteiger partial charge on any atom is -0.493 e. The first-order valence-electron chi connectivity index (χ1n) is 7.03. The van der Waals surface area contributed by atoms with Gasteiger partial charge in [-0.3, -0.25) is 10.2 Å². The zero-order valence-electron chi connectivity index (χ0n) is 13.1. The molecule has 0 saturated heterocycles. The van der Waals surface area contributed by atoms with E-state index in [1.807, 2.05) is 31.2 Å². The Morgan fingerprint density at radius 1 is 1.22 bits per heavy atom. The van der Waals surface area contributed by atoms with E-state index in [1.54, 1.807) is 24.4 Å². The molecule has 1 amide bonds.